The molecule has 0 unspecified atom stereocenters. The van der Waals surface area contributed by atoms with Crippen LogP contribution in [0, 0.1) is 5.92 Å². The molecule has 0 radical (unpaired) electrons. The molecule has 0 amide bonds. The summed E-state index contributed by atoms with van der Waals surface area (Å²) in [6.07, 6.45) is 3.85. The van der Waals surface area contributed by atoms with Crippen LogP contribution in [0.4, 0.5) is 0 Å². The number of rotatable bonds is 4. The Morgan fingerprint density at radius 1 is 1.16 bits per heavy atom. The minimum absolute atomic E-state index is 0.00608. The second-order valence-corrected chi connectivity index (χ2v) is 5.73. The maximum Gasteiger partial charge on any atom is 0.157 e. The van der Waals surface area contributed by atoms with Crippen molar-refractivity contribution in [3.05, 3.63) is 23.8 Å². The summed E-state index contributed by atoms with van der Waals surface area (Å²) < 4.78 is 0. The number of hydrogen-bond acceptors (Lipinski definition) is 4. The van der Waals surface area contributed by atoms with Gasteiger partial charge in [0, 0.05) is 32.2 Å². The fourth-order valence-corrected chi connectivity index (χ4v) is 2.91. The van der Waals surface area contributed by atoms with E-state index in [4.69, 9.17) is 0 Å². The molecular formula is C15H22N2O2. The first-order valence-corrected chi connectivity index (χ1v) is 7.20. The highest BCUT2D eigenvalue weighted by atomic mass is 16.3. The summed E-state index contributed by atoms with van der Waals surface area (Å²) in [6.45, 7) is 4.18. The standard InChI is InChI=1S/C15H22N2O2/c18-14-4-3-12(10-15(14)19)13(9-11-1-2-11)17-7-5-16-6-8-17/h3-4,10-11,13,16,18-19H,1-2,5-9H2/t13-/m1/s1. The van der Waals surface area contributed by atoms with Crippen molar-refractivity contribution in [3.63, 3.8) is 0 Å². The van der Waals surface area contributed by atoms with E-state index in [0.29, 0.717) is 6.04 Å². The molecule has 1 aromatic rings. The van der Waals surface area contributed by atoms with Gasteiger partial charge in [0.15, 0.2) is 11.5 Å². The fourth-order valence-electron chi connectivity index (χ4n) is 2.91. The third-order valence-electron chi connectivity index (χ3n) is 4.23. The van der Waals surface area contributed by atoms with Crippen LogP contribution in [0.2, 0.25) is 0 Å². The molecule has 0 aromatic heterocycles. The molecule has 3 rings (SSSR count). The minimum atomic E-state index is -0.0331. The van der Waals surface area contributed by atoms with Crippen LogP contribution in [0.15, 0.2) is 18.2 Å². The number of hydrogen-bond donors (Lipinski definition) is 3. The zero-order valence-corrected chi connectivity index (χ0v) is 11.2. The first-order valence-electron chi connectivity index (χ1n) is 7.20. The lowest BCUT2D eigenvalue weighted by Gasteiger charge is -2.35. The van der Waals surface area contributed by atoms with E-state index in [0.717, 1.165) is 37.7 Å². The van der Waals surface area contributed by atoms with Crippen LogP contribution < -0.4 is 5.32 Å². The maximum atomic E-state index is 9.72. The Kier molecular flexibility index (Phi) is 3.62. The molecule has 104 valence electrons. The molecule has 3 N–H and O–H groups in total. The monoisotopic (exact) mass is 262 g/mol. The molecule has 0 bridgehead atoms. The smallest absolute Gasteiger partial charge is 0.157 e. The topological polar surface area (TPSA) is 55.7 Å². The van der Waals surface area contributed by atoms with Crippen LogP contribution >= 0.6 is 0 Å². The molecule has 1 saturated heterocycles. The summed E-state index contributed by atoms with van der Waals surface area (Å²) >= 11 is 0. The number of phenolic OH excluding ortho intramolecular Hbond substituents is 2. The Morgan fingerprint density at radius 2 is 1.89 bits per heavy atom. The summed E-state index contributed by atoms with van der Waals surface area (Å²) in [5, 5.41) is 22.6. The van der Waals surface area contributed by atoms with Crippen LogP contribution in [-0.4, -0.2) is 41.3 Å². The van der Waals surface area contributed by atoms with Gasteiger partial charge in [0.25, 0.3) is 0 Å². The van der Waals surface area contributed by atoms with Gasteiger partial charge in [0.2, 0.25) is 0 Å². The highest BCUT2D eigenvalue weighted by Gasteiger charge is 2.30. The molecule has 4 nitrogen and oxygen atoms in total. The molecule has 1 saturated carbocycles. The summed E-state index contributed by atoms with van der Waals surface area (Å²) in [7, 11) is 0. The lowest BCUT2D eigenvalue weighted by atomic mass is 9.98. The van der Waals surface area contributed by atoms with Crippen LogP contribution in [-0.2, 0) is 0 Å². The number of aromatic hydroxyl groups is 2. The molecular weight excluding hydrogens is 240 g/mol. The molecule has 1 aliphatic carbocycles. The summed E-state index contributed by atoms with van der Waals surface area (Å²) in [5.74, 6) is 0.804. The Morgan fingerprint density at radius 3 is 2.53 bits per heavy atom. The Balaban J connectivity index is 1.81. The van der Waals surface area contributed by atoms with Gasteiger partial charge >= 0.3 is 0 Å². The van der Waals surface area contributed by atoms with E-state index in [1.54, 1.807) is 12.1 Å². The van der Waals surface area contributed by atoms with Crippen LogP contribution in [0.25, 0.3) is 0 Å². The van der Waals surface area contributed by atoms with E-state index in [9.17, 15) is 10.2 Å². The van der Waals surface area contributed by atoms with Gasteiger partial charge in [0.1, 0.15) is 0 Å². The van der Waals surface area contributed by atoms with Gasteiger partial charge in [-0.15, -0.1) is 0 Å². The molecule has 2 aliphatic rings. The van der Waals surface area contributed by atoms with Crippen LogP contribution in [0.1, 0.15) is 30.9 Å². The van der Waals surface area contributed by atoms with Gasteiger partial charge < -0.3 is 15.5 Å². The summed E-state index contributed by atoms with van der Waals surface area (Å²) in [6, 6.07) is 5.66. The fraction of sp³-hybridized carbons (Fsp3) is 0.600. The molecule has 2 fully saturated rings. The van der Waals surface area contributed by atoms with Gasteiger partial charge in [-0.05, 0) is 30.0 Å². The maximum absolute atomic E-state index is 9.72. The second kappa shape index (κ2) is 5.39. The van der Waals surface area contributed by atoms with Crippen molar-refractivity contribution in [2.45, 2.75) is 25.3 Å². The average Bonchev–Trinajstić information content (AvgIpc) is 3.24. The van der Waals surface area contributed by atoms with Crippen molar-refractivity contribution in [2.75, 3.05) is 26.2 Å². The normalized spacial score (nSPS) is 22.3. The van der Waals surface area contributed by atoms with Crippen molar-refractivity contribution in [2.24, 2.45) is 5.92 Å². The van der Waals surface area contributed by atoms with E-state index < -0.39 is 0 Å². The average molecular weight is 262 g/mol. The number of nitrogens with zero attached hydrogens (tertiary/aromatic N) is 1. The van der Waals surface area contributed by atoms with E-state index in [-0.39, 0.29) is 11.5 Å². The van der Waals surface area contributed by atoms with Crippen LogP contribution in [0.3, 0.4) is 0 Å². The van der Waals surface area contributed by atoms with Gasteiger partial charge in [-0.2, -0.15) is 0 Å². The molecule has 4 heteroatoms. The second-order valence-electron chi connectivity index (χ2n) is 5.73. The predicted molar refractivity (Wildman–Crippen MR) is 74.3 cm³/mol. The zero-order valence-electron chi connectivity index (χ0n) is 11.2. The van der Waals surface area contributed by atoms with Crippen molar-refractivity contribution in [3.8, 4) is 11.5 Å². The summed E-state index contributed by atoms with van der Waals surface area (Å²) in [5.41, 5.74) is 1.13. The van der Waals surface area contributed by atoms with E-state index >= 15 is 0 Å². The number of benzene rings is 1. The first-order chi connectivity index (χ1) is 9.24. The van der Waals surface area contributed by atoms with Crippen molar-refractivity contribution < 1.29 is 10.2 Å². The highest BCUT2D eigenvalue weighted by Crippen LogP contribution is 2.41. The number of nitrogens with one attached hydrogen (secondary N) is 1. The summed E-state index contributed by atoms with van der Waals surface area (Å²) in [4.78, 5) is 2.50. The van der Waals surface area contributed by atoms with Gasteiger partial charge in [-0.3, -0.25) is 4.90 Å². The molecule has 1 heterocycles. The van der Waals surface area contributed by atoms with Crippen molar-refractivity contribution >= 4 is 0 Å². The van der Waals surface area contributed by atoms with Crippen LogP contribution in [0.5, 0.6) is 11.5 Å². The zero-order chi connectivity index (χ0) is 13.2. The van der Waals surface area contributed by atoms with E-state index in [1.165, 1.54) is 19.3 Å². The first kappa shape index (κ1) is 12.8. The number of piperazine rings is 1. The molecule has 1 aliphatic heterocycles. The Labute approximate surface area is 114 Å². The van der Waals surface area contributed by atoms with Crippen molar-refractivity contribution in [1.82, 2.24) is 10.2 Å². The van der Waals surface area contributed by atoms with Gasteiger partial charge in [-0.25, -0.2) is 0 Å². The van der Waals surface area contributed by atoms with Crippen molar-refractivity contribution in [1.29, 1.82) is 0 Å². The quantitative estimate of drug-likeness (QED) is 0.725. The molecule has 1 aromatic carbocycles. The highest BCUT2D eigenvalue weighted by molar-refractivity contribution is 5.41. The van der Waals surface area contributed by atoms with E-state index in [1.807, 2.05) is 6.07 Å². The predicted octanol–water partition coefficient (Wildman–Crippen LogP) is 1.84. The number of phenols is 2. The Bertz CT molecular complexity index is 440. The Hall–Kier alpha value is -1.26. The van der Waals surface area contributed by atoms with E-state index in [2.05, 4.69) is 10.2 Å². The molecule has 19 heavy (non-hydrogen) atoms. The third kappa shape index (κ3) is 3.01. The minimum Gasteiger partial charge on any atom is -0.504 e. The molecule has 0 spiro atoms. The van der Waals surface area contributed by atoms with Gasteiger partial charge in [0.05, 0.1) is 0 Å². The lowest BCUT2D eigenvalue weighted by molar-refractivity contribution is 0.160. The lowest BCUT2D eigenvalue weighted by Crippen LogP contribution is -2.45. The molecule has 1 atom stereocenters. The largest absolute Gasteiger partial charge is 0.504 e. The SMILES string of the molecule is Oc1ccc([C@@H](CC2CC2)N2CCNCC2)cc1O. The van der Waals surface area contributed by atoms with Gasteiger partial charge in [-0.1, -0.05) is 18.9 Å². The third-order valence-corrected chi connectivity index (χ3v) is 4.23.